The van der Waals surface area contributed by atoms with Crippen LogP contribution in [0.5, 0.6) is 0 Å². The molecule has 34 heavy (non-hydrogen) atoms. The van der Waals surface area contributed by atoms with Crippen LogP contribution in [0.25, 0.3) is 0 Å². The zero-order valence-corrected chi connectivity index (χ0v) is 20.3. The number of fused-ring (bicyclic) bond motifs is 3. The monoisotopic (exact) mass is 455 g/mol. The minimum absolute atomic E-state index is 0.00873. The molecule has 5 rings (SSSR count). The first kappa shape index (κ1) is 22.7. The van der Waals surface area contributed by atoms with Gasteiger partial charge in [-0.1, -0.05) is 36.4 Å². The van der Waals surface area contributed by atoms with Gasteiger partial charge in [-0.2, -0.15) is 0 Å². The summed E-state index contributed by atoms with van der Waals surface area (Å²) in [4.78, 5) is 21.8. The van der Waals surface area contributed by atoms with Crippen LogP contribution in [0, 0.1) is 19.8 Å². The van der Waals surface area contributed by atoms with E-state index in [-0.39, 0.29) is 11.3 Å². The molecule has 2 N–H and O–H groups in total. The second-order valence-electron chi connectivity index (χ2n) is 10.5. The van der Waals surface area contributed by atoms with Gasteiger partial charge >= 0.3 is 0 Å². The van der Waals surface area contributed by atoms with Crippen LogP contribution in [0.3, 0.4) is 0 Å². The first-order valence-corrected chi connectivity index (χ1v) is 12.3. The number of benzene rings is 2. The molecule has 3 aromatic rings. The Morgan fingerprint density at radius 3 is 2.71 bits per heavy atom. The minimum Gasteiger partial charge on any atom is -0.390 e. The average molecular weight is 456 g/mol. The number of aliphatic hydroxyl groups is 1. The molecule has 2 aliphatic rings. The van der Waals surface area contributed by atoms with Crippen LogP contribution >= 0.6 is 0 Å². The predicted molar refractivity (Wildman–Crippen MR) is 134 cm³/mol. The highest BCUT2D eigenvalue weighted by Gasteiger charge is 2.50. The van der Waals surface area contributed by atoms with E-state index in [1.54, 1.807) is 6.20 Å². The van der Waals surface area contributed by atoms with E-state index in [0.717, 1.165) is 44.2 Å². The normalized spacial score (nSPS) is 25.8. The number of hydrogen-bond acceptors (Lipinski definition) is 4. The SMILES string of the molecule is Cc1cnc(NC(=O)c2ccc3c(c2)CC[C@@H]2C[C@](C)(O)CC[C@@]32Cc2ccccc2)c(C)n1. The molecule has 0 saturated heterocycles. The Bertz CT molecular complexity index is 1220. The average Bonchev–Trinajstić information content (AvgIpc) is 2.81. The van der Waals surface area contributed by atoms with Gasteiger partial charge in [-0.25, -0.2) is 4.98 Å². The number of nitrogens with zero attached hydrogens (tertiary/aromatic N) is 2. The Morgan fingerprint density at radius 1 is 1.15 bits per heavy atom. The summed E-state index contributed by atoms with van der Waals surface area (Å²) < 4.78 is 0. The predicted octanol–water partition coefficient (Wildman–Crippen LogP) is 5.32. The van der Waals surface area contributed by atoms with Gasteiger partial charge in [0.15, 0.2) is 5.82 Å². The van der Waals surface area contributed by atoms with Gasteiger partial charge in [0.2, 0.25) is 0 Å². The summed E-state index contributed by atoms with van der Waals surface area (Å²) in [5, 5.41) is 13.8. The summed E-state index contributed by atoms with van der Waals surface area (Å²) in [7, 11) is 0. The molecule has 0 unspecified atom stereocenters. The highest BCUT2D eigenvalue weighted by molar-refractivity contribution is 6.04. The summed E-state index contributed by atoms with van der Waals surface area (Å²) >= 11 is 0. The fourth-order valence-corrected chi connectivity index (χ4v) is 6.20. The van der Waals surface area contributed by atoms with Gasteiger partial charge in [0.1, 0.15) is 0 Å². The van der Waals surface area contributed by atoms with Crippen molar-refractivity contribution in [2.75, 3.05) is 5.32 Å². The number of anilines is 1. The molecule has 0 spiro atoms. The zero-order valence-electron chi connectivity index (χ0n) is 20.3. The van der Waals surface area contributed by atoms with Crippen molar-refractivity contribution in [3.8, 4) is 0 Å². The maximum absolute atomic E-state index is 13.1. The van der Waals surface area contributed by atoms with E-state index in [4.69, 9.17) is 0 Å². The molecule has 2 aromatic carbocycles. The van der Waals surface area contributed by atoms with Crippen LogP contribution in [-0.2, 0) is 18.3 Å². The van der Waals surface area contributed by atoms with Gasteiger partial charge in [0, 0.05) is 11.0 Å². The summed E-state index contributed by atoms with van der Waals surface area (Å²) in [5.41, 5.74) is 5.52. The molecule has 1 saturated carbocycles. The van der Waals surface area contributed by atoms with Crippen LogP contribution < -0.4 is 5.32 Å². The Kier molecular flexibility index (Phi) is 5.76. The van der Waals surface area contributed by atoms with Gasteiger partial charge in [-0.3, -0.25) is 9.78 Å². The van der Waals surface area contributed by atoms with E-state index in [9.17, 15) is 9.90 Å². The Balaban J connectivity index is 1.48. The quantitative estimate of drug-likeness (QED) is 0.558. The summed E-state index contributed by atoms with van der Waals surface area (Å²) in [6.45, 7) is 5.73. The molecule has 2 aliphatic carbocycles. The van der Waals surface area contributed by atoms with E-state index in [2.05, 4.69) is 57.7 Å². The zero-order chi connectivity index (χ0) is 23.9. The van der Waals surface area contributed by atoms with E-state index in [0.29, 0.717) is 23.0 Å². The van der Waals surface area contributed by atoms with Crippen LogP contribution in [0.4, 0.5) is 5.82 Å². The van der Waals surface area contributed by atoms with E-state index < -0.39 is 5.60 Å². The van der Waals surface area contributed by atoms with Crippen molar-refractivity contribution in [1.29, 1.82) is 0 Å². The first-order valence-electron chi connectivity index (χ1n) is 12.3. The maximum atomic E-state index is 13.1. The highest BCUT2D eigenvalue weighted by atomic mass is 16.3. The third-order valence-electron chi connectivity index (χ3n) is 7.90. The molecule has 0 radical (unpaired) electrons. The van der Waals surface area contributed by atoms with E-state index in [1.807, 2.05) is 26.8 Å². The number of aryl methyl sites for hydroxylation is 3. The molecule has 1 fully saturated rings. The topological polar surface area (TPSA) is 75.1 Å². The van der Waals surface area contributed by atoms with Gasteiger partial charge < -0.3 is 10.4 Å². The summed E-state index contributed by atoms with van der Waals surface area (Å²) in [5.74, 6) is 0.771. The van der Waals surface area contributed by atoms with Crippen LogP contribution in [0.15, 0.2) is 54.7 Å². The Morgan fingerprint density at radius 2 is 1.94 bits per heavy atom. The molecule has 1 amide bonds. The maximum Gasteiger partial charge on any atom is 0.256 e. The molecule has 1 aromatic heterocycles. The van der Waals surface area contributed by atoms with Crippen molar-refractivity contribution in [1.82, 2.24) is 9.97 Å². The molecule has 176 valence electrons. The van der Waals surface area contributed by atoms with Crippen LogP contribution in [0.1, 0.15) is 71.0 Å². The fraction of sp³-hybridized carbons (Fsp3) is 0.414. The molecule has 5 nitrogen and oxygen atoms in total. The van der Waals surface area contributed by atoms with Crippen molar-refractivity contribution in [2.45, 2.75) is 70.3 Å². The lowest BCUT2D eigenvalue weighted by Gasteiger charge is -2.53. The van der Waals surface area contributed by atoms with Crippen molar-refractivity contribution in [3.63, 3.8) is 0 Å². The second-order valence-corrected chi connectivity index (χ2v) is 10.5. The molecule has 5 heteroatoms. The summed E-state index contributed by atoms with van der Waals surface area (Å²) in [6, 6.07) is 16.9. The highest BCUT2D eigenvalue weighted by Crippen LogP contribution is 2.54. The fourth-order valence-electron chi connectivity index (χ4n) is 6.20. The Hall–Kier alpha value is -3.05. The largest absolute Gasteiger partial charge is 0.390 e. The first-order chi connectivity index (χ1) is 16.3. The molecule has 1 heterocycles. The lowest BCUT2D eigenvalue weighted by Crippen LogP contribution is -2.50. The number of aromatic nitrogens is 2. The van der Waals surface area contributed by atoms with Crippen LogP contribution in [-0.4, -0.2) is 26.6 Å². The van der Waals surface area contributed by atoms with Crippen LogP contribution in [0.2, 0.25) is 0 Å². The number of amides is 1. The third-order valence-corrected chi connectivity index (χ3v) is 7.90. The standard InChI is InChI=1S/C29H33N3O2/c1-19-18-30-26(20(2)31-19)32-27(33)23-10-12-25-22(15-23)9-11-24-17-28(3,34)13-14-29(24,25)16-21-7-5-4-6-8-21/h4-8,10,12,15,18,24,34H,9,11,13-14,16-17H2,1-3H3,(H,30,32,33)/t24-,28-,29+/m1/s1. The lowest BCUT2D eigenvalue weighted by atomic mass is 9.53. The molecular formula is C29H33N3O2. The van der Waals surface area contributed by atoms with Crippen molar-refractivity contribution >= 4 is 11.7 Å². The molecule has 0 bridgehead atoms. The molecule has 3 atom stereocenters. The third kappa shape index (κ3) is 4.25. The number of nitrogens with one attached hydrogen (secondary N) is 1. The van der Waals surface area contributed by atoms with Crippen molar-refractivity contribution in [2.24, 2.45) is 5.92 Å². The van der Waals surface area contributed by atoms with Gasteiger partial charge in [0.25, 0.3) is 5.91 Å². The smallest absolute Gasteiger partial charge is 0.256 e. The summed E-state index contributed by atoms with van der Waals surface area (Å²) in [6.07, 6.45) is 7.17. The Labute approximate surface area is 201 Å². The van der Waals surface area contributed by atoms with Crippen molar-refractivity contribution in [3.05, 3.63) is 88.4 Å². The number of carbonyl (C=O) groups is 1. The number of rotatable bonds is 4. The minimum atomic E-state index is -0.602. The second kappa shape index (κ2) is 8.62. The molecule has 0 aliphatic heterocycles. The van der Waals surface area contributed by atoms with Gasteiger partial charge in [-0.05, 0) is 94.0 Å². The lowest BCUT2D eigenvalue weighted by molar-refractivity contribution is -0.0366. The van der Waals surface area contributed by atoms with Gasteiger partial charge in [-0.15, -0.1) is 0 Å². The van der Waals surface area contributed by atoms with Crippen molar-refractivity contribution < 1.29 is 9.90 Å². The molecular weight excluding hydrogens is 422 g/mol. The van der Waals surface area contributed by atoms with E-state index in [1.165, 1.54) is 16.7 Å². The number of carbonyl (C=O) groups excluding carboxylic acids is 1. The van der Waals surface area contributed by atoms with E-state index >= 15 is 0 Å². The number of hydrogen-bond donors (Lipinski definition) is 2. The van der Waals surface area contributed by atoms with Gasteiger partial charge in [0.05, 0.1) is 23.2 Å².